The largest absolute Gasteiger partial charge is 0.324 e. The standard InChI is InChI=1S/C15H22N2/c1-10-4-14(9-17-8-10)15(16)7-13-6-11-2-3-12(13)5-11/h4,8-9,11-13,15H,2-3,5-7,16H2,1H3. The lowest BCUT2D eigenvalue weighted by atomic mass is 9.83. The molecule has 4 atom stereocenters. The van der Waals surface area contributed by atoms with Crippen molar-refractivity contribution < 1.29 is 0 Å². The first kappa shape index (κ1) is 11.2. The van der Waals surface area contributed by atoms with E-state index >= 15 is 0 Å². The summed E-state index contributed by atoms with van der Waals surface area (Å²) in [4.78, 5) is 4.25. The van der Waals surface area contributed by atoms with Gasteiger partial charge in [-0.1, -0.05) is 12.5 Å². The van der Waals surface area contributed by atoms with Crippen molar-refractivity contribution in [3.8, 4) is 0 Å². The van der Waals surface area contributed by atoms with Crippen LogP contribution in [0.1, 0.15) is 49.3 Å². The van der Waals surface area contributed by atoms with Crippen molar-refractivity contribution >= 4 is 0 Å². The van der Waals surface area contributed by atoms with Crippen LogP contribution in [0.15, 0.2) is 18.5 Å². The molecule has 4 unspecified atom stereocenters. The minimum atomic E-state index is 0.187. The van der Waals surface area contributed by atoms with Crippen LogP contribution in [0.25, 0.3) is 0 Å². The summed E-state index contributed by atoms with van der Waals surface area (Å²) in [7, 11) is 0. The van der Waals surface area contributed by atoms with Gasteiger partial charge in [0.2, 0.25) is 0 Å². The molecule has 2 nitrogen and oxygen atoms in total. The highest BCUT2D eigenvalue weighted by molar-refractivity contribution is 5.20. The van der Waals surface area contributed by atoms with Crippen molar-refractivity contribution in [2.75, 3.05) is 0 Å². The number of pyridine rings is 1. The second-order valence-corrected chi connectivity index (χ2v) is 6.07. The first-order chi connectivity index (χ1) is 8.22. The van der Waals surface area contributed by atoms with Crippen LogP contribution in [0, 0.1) is 24.7 Å². The highest BCUT2D eigenvalue weighted by Crippen LogP contribution is 2.50. The Morgan fingerprint density at radius 1 is 1.35 bits per heavy atom. The third kappa shape index (κ3) is 2.23. The summed E-state index contributed by atoms with van der Waals surface area (Å²) >= 11 is 0. The number of aromatic nitrogens is 1. The Balaban J connectivity index is 1.65. The topological polar surface area (TPSA) is 38.9 Å². The van der Waals surface area contributed by atoms with Crippen molar-refractivity contribution in [1.82, 2.24) is 4.98 Å². The fraction of sp³-hybridized carbons (Fsp3) is 0.667. The van der Waals surface area contributed by atoms with E-state index in [9.17, 15) is 0 Å². The van der Waals surface area contributed by atoms with E-state index in [1.165, 1.54) is 36.8 Å². The molecule has 2 N–H and O–H groups in total. The fourth-order valence-corrected chi connectivity index (χ4v) is 3.91. The van der Waals surface area contributed by atoms with E-state index in [1.54, 1.807) is 0 Å². The summed E-state index contributed by atoms with van der Waals surface area (Å²) in [5, 5.41) is 0. The Bertz CT molecular complexity index is 402. The van der Waals surface area contributed by atoms with Gasteiger partial charge in [-0.2, -0.15) is 0 Å². The van der Waals surface area contributed by atoms with Crippen molar-refractivity contribution in [2.24, 2.45) is 23.5 Å². The van der Waals surface area contributed by atoms with Gasteiger partial charge in [0.05, 0.1) is 0 Å². The number of nitrogens with two attached hydrogens (primary N) is 1. The average Bonchev–Trinajstić information content (AvgIpc) is 2.91. The maximum Gasteiger partial charge on any atom is 0.0315 e. The Morgan fingerprint density at radius 3 is 2.88 bits per heavy atom. The zero-order valence-corrected chi connectivity index (χ0v) is 10.6. The molecule has 17 heavy (non-hydrogen) atoms. The molecular weight excluding hydrogens is 208 g/mol. The van der Waals surface area contributed by atoms with Crippen LogP contribution >= 0.6 is 0 Å². The van der Waals surface area contributed by atoms with Crippen LogP contribution in [0.4, 0.5) is 0 Å². The van der Waals surface area contributed by atoms with Gasteiger partial charge in [0, 0.05) is 18.4 Å². The van der Waals surface area contributed by atoms with Crippen molar-refractivity contribution in [2.45, 2.75) is 45.1 Å². The first-order valence-electron chi connectivity index (χ1n) is 6.89. The maximum absolute atomic E-state index is 6.34. The lowest BCUT2D eigenvalue weighted by molar-refractivity contribution is 0.296. The van der Waals surface area contributed by atoms with Gasteiger partial charge < -0.3 is 5.73 Å². The van der Waals surface area contributed by atoms with Crippen molar-refractivity contribution in [3.63, 3.8) is 0 Å². The van der Waals surface area contributed by atoms with E-state index in [0.29, 0.717) is 0 Å². The zero-order valence-electron chi connectivity index (χ0n) is 10.6. The van der Waals surface area contributed by atoms with Crippen LogP contribution in [-0.2, 0) is 0 Å². The van der Waals surface area contributed by atoms with Crippen LogP contribution in [-0.4, -0.2) is 4.98 Å². The third-order valence-electron chi connectivity index (χ3n) is 4.77. The molecule has 0 saturated heterocycles. The van der Waals surface area contributed by atoms with E-state index < -0.39 is 0 Å². The molecule has 0 radical (unpaired) electrons. The van der Waals surface area contributed by atoms with Gasteiger partial charge >= 0.3 is 0 Å². The normalized spacial score (nSPS) is 32.9. The van der Waals surface area contributed by atoms with Crippen LogP contribution in [0.5, 0.6) is 0 Å². The summed E-state index contributed by atoms with van der Waals surface area (Å²) < 4.78 is 0. The summed E-state index contributed by atoms with van der Waals surface area (Å²) in [5.74, 6) is 2.88. The molecule has 2 aliphatic carbocycles. The number of hydrogen-bond donors (Lipinski definition) is 1. The molecule has 2 heteroatoms. The van der Waals surface area contributed by atoms with Gasteiger partial charge in [0.25, 0.3) is 0 Å². The Kier molecular flexibility index (Phi) is 2.91. The second-order valence-electron chi connectivity index (χ2n) is 6.07. The molecule has 2 aliphatic rings. The van der Waals surface area contributed by atoms with Crippen LogP contribution < -0.4 is 5.73 Å². The molecule has 2 saturated carbocycles. The number of rotatable bonds is 3. The smallest absolute Gasteiger partial charge is 0.0315 e. The Labute approximate surface area is 104 Å². The molecule has 1 heterocycles. The van der Waals surface area contributed by atoms with Gasteiger partial charge in [0.1, 0.15) is 0 Å². The maximum atomic E-state index is 6.34. The Hall–Kier alpha value is -0.890. The van der Waals surface area contributed by atoms with Gasteiger partial charge in [0.15, 0.2) is 0 Å². The first-order valence-corrected chi connectivity index (χ1v) is 6.89. The minimum absolute atomic E-state index is 0.187. The summed E-state index contributed by atoms with van der Waals surface area (Å²) in [6.45, 7) is 2.08. The number of nitrogens with zero attached hydrogens (tertiary/aromatic N) is 1. The highest BCUT2D eigenvalue weighted by atomic mass is 14.7. The number of fused-ring (bicyclic) bond motifs is 2. The van der Waals surface area contributed by atoms with E-state index in [0.717, 1.165) is 24.2 Å². The molecule has 1 aromatic rings. The van der Waals surface area contributed by atoms with Crippen molar-refractivity contribution in [3.05, 3.63) is 29.6 Å². The third-order valence-corrected chi connectivity index (χ3v) is 4.77. The summed E-state index contributed by atoms with van der Waals surface area (Å²) in [6.07, 6.45) is 10.8. The van der Waals surface area contributed by atoms with Crippen LogP contribution in [0.3, 0.4) is 0 Å². The molecule has 0 aromatic carbocycles. The zero-order chi connectivity index (χ0) is 11.8. The van der Waals surface area contributed by atoms with Crippen molar-refractivity contribution in [1.29, 1.82) is 0 Å². The van der Waals surface area contributed by atoms with E-state index in [4.69, 9.17) is 5.73 Å². The van der Waals surface area contributed by atoms with E-state index in [-0.39, 0.29) is 6.04 Å². The minimum Gasteiger partial charge on any atom is -0.324 e. The monoisotopic (exact) mass is 230 g/mol. The van der Waals surface area contributed by atoms with Crippen LogP contribution in [0.2, 0.25) is 0 Å². The lowest BCUT2D eigenvalue weighted by Gasteiger charge is -2.24. The predicted molar refractivity (Wildman–Crippen MR) is 69.5 cm³/mol. The molecule has 0 spiro atoms. The average molecular weight is 230 g/mol. The molecule has 0 amide bonds. The molecule has 0 aliphatic heterocycles. The fourth-order valence-electron chi connectivity index (χ4n) is 3.91. The number of hydrogen-bond acceptors (Lipinski definition) is 2. The second kappa shape index (κ2) is 4.41. The molecule has 3 rings (SSSR count). The molecule has 2 fully saturated rings. The molecule has 2 bridgehead atoms. The highest BCUT2D eigenvalue weighted by Gasteiger charge is 2.39. The van der Waals surface area contributed by atoms with Gasteiger partial charge in [-0.25, -0.2) is 0 Å². The SMILES string of the molecule is Cc1cncc(C(N)CC2CC3CCC2C3)c1. The molecule has 92 valence electrons. The lowest BCUT2D eigenvalue weighted by Crippen LogP contribution is -2.19. The van der Waals surface area contributed by atoms with Gasteiger partial charge in [-0.15, -0.1) is 0 Å². The quantitative estimate of drug-likeness (QED) is 0.866. The summed E-state index contributed by atoms with van der Waals surface area (Å²) in [5.41, 5.74) is 8.76. The van der Waals surface area contributed by atoms with Gasteiger partial charge in [-0.3, -0.25) is 4.98 Å². The van der Waals surface area contributed by atoms with E-state index in [2.05, 4.69) is 18.0 Å². The molecule has 1 aromatic heterocycles. The summed E-state index contributed by atoms with van der Waals surface area (Å²) in [6, 6.07) is 2.37. The number of aryl methyl sites for hydroxylation is 1. The Morgan fingerprint density at radius 2 is 2.24 bits per heavy atom. The van der Waals surface area contributed by atoms with Gasteiger partial charge in [-0.05, 0) is 61.5 Å². The van der Waals surface area contributed by atoms with E-state index in [1.807, 2.05) is 12.4 Å². The molecular formula is C15H22N2. The predicted octanol–water partition coefficient (Wildman–Crippen LogP) is 3.22.